The number of hydrogen-bond acceptors (Lipinski definition) is 7. The number of imidazole rings is 1. The molecule has 0 spiro atoms. The minimum atomic E-state index is -0.687. The van der Waals surface area contributed by atoms with Crippen molar-refractivity contribution in [3.05, 3.63) is 63.5 Å². The lowest BCUT2D eigenvalue weighted by molar-refractivity contribution is -0.139. The highest BCUT2D eigenvalue weighted by Gasteiger charge is 2.35. The van der Waals surface area contributed by atoms with Crippen LogP contribution in [0.5, 0.6) is 0 Å². The molecule has 1 saturated heterocycles. The first-order chi connectivity index (χ1) is 15.5. The van der Waals surface area contributed by atoms with E-state index in [0.29, 0.717) is 52.7 Å². The smallest absolute Gasteiger partial charge is 0.338 e. The molecule has 170 valence electrons. The van der Waals surface area contributed by atoms with E-state index in [2.05, 4.69) is 31.1 Å². The number of esters is 1. The Kier molecular flexibility index (Phi) is 7.02. The predicted molar refractivity (Wildman–Crippen MR) is 121 cm³/mol. The Morgan fingerprint density at radius 1 is 1.38 bits per heavy atom. The molecule has 3 heterocycles. The maximum absolute atomic E-state index is 13.8. The number of benzene rings is 1. The zero-order valence-corrected chi connectivity index (χ0v) is 19.6. The molecule has 1 atom stereocenters. The molecule has 32 heavy (non-hydrogen) atoms. The van der Waals surface area contributed by atoms with E-state index in [1.807, 2.05) is 17.8 Å². The SMILES string of the molecule is CCOC(=O)C1=C(CN2CCOCC2)NC(c2nccn2C)=NC1c1ccc(F)cc1Br. The van der Waals surface area contributed by atoms with Crippen molar-refractivity contribution in [1.82, 2.24) is 19.8 Å². The minimum absolute atomic E-state index is 0.237. The minimum Gasteiger partial charge on any atom is -0.463 e. The predicted octanol–water partition coefficient (Wildman–Crippen LogP) is 2.56. The molecule has 4 rings (SSSR count). The molecule has 0 bridgehead atoms. The van der Waals surface area contributed by atoms with Crippen molar-refractivity contribution < 1.29 is 18.7 Å². The van der Waals surface area contributed by atoms with Crippen molar-refractivity contribution in [3.8, 4) is 0 Å². The number of rotatable bonds is 6. The molecule has 2 aliphatic heterocycles. The van der Waals surface area contributed by atoms with Crippen molar-refractivity contribution in [2.75, 3.05) is 39.5 Å². The van der Waals surface area contributed by atoms with Crippen molar-refractivity contribution in [1.29, 1.82) is 0 Å². The summed E-state index contributed by atoms with van der Waals surface area (Å²) in [6.07, 6.45) is 3.52. The fourth-order valence-corrected chi connectivity index (χ4v) is 4.38. The Morgan fingerprint density at radius 2 is 2.16 bits per heavy atom. The Bertz CT molecular complexity index is 1060. The Balaban J connectivity index is 1.83. The van der Waals surface area contributed by atoms with E-state index < -0.39 is 12.0 Å². The molecular weight excluding hydrogens is 481 g/mol. The van der Waals surface area contributed by atoms with Crippen molar-refractivity contribution in [3.63, 3.8) is 0 Å². The zero-order valence-electron chi connectivity index (χ0n) is 18.0. The van der Waals surface area contributed by atoms with Crippen LogP contribution in [0, 0.1) is 5.82 Å². The van der Waals surface area contributed by atoms with Crippen LogP contribution in [0.15, 0.2) is 51.3 Å². The first-order valence-electron chi connectivity index (χ1n) is 10.5. The molecule has 1 unspecified atom stereocenters. The average Bonchev–Trinajstić information content (AvgIpc) is 3.20. The monoisotopic (exact) mass is 505 g/mol. The normalized spacial score (nSPS) is 19.5. The van der Waals surface area contributed by atoms with E-state index in [1.54, 1.807) is 19.2 Å². The first-order valence-corrected chi connectivity index (χ1v) is 11.2. The van der Waals surface area contributed by atoms with E-state index in [0.717, 1.165) is 13.1 Å². The number of carbonyl (C=O) groups excluding carboxylic acids is 1. The lowest BCUT2D eigenvalue weighted by Gasteiger charge is -2.32. The molecule has 2 aromatic rings. The number of nitrogens with zero attached hydrogens (tertiary/aromatic N) is 4. The molecular formula is C22H25BrFN5O3. The number of halogens is 2. The third-order valence-electron chi connectivity index (χ3n) is 5.40. The molecule has 2 aliphatic rings. The number of aliphatic imine (C=N–C) groups is 1. The summed E-state index contributed by atoms with van der Waals surface area (Å²) in [6.45, 7) is 5.27. The Labute approximate surface area is 194 Å². The third-order valence-corrected chi connectivity index (χ3v) is 6.08. The van der Waals surface area contributed by atoms with Crippen LogP contribution in [-0.2, 0) is 21.3 Å². The van der Waals surface area contributed by atoms with Gasteiger partial charge in [-0.1, -0.05) is 22.0 Å². The number of carbonyl (C=O) groups is 1. The van der Waals surface area contributed by atoms with Gasteiger partial charge in [0, 0.05) is 49.2 Å². The highest BCUT2D eigenvalue weighted by molar-refractivity contribution is 9.10. The molecule has 8 nitrogen and oxygen atoms in total. The second-order valence-corrected chi connectivity index (χ2v) is 8.39. The molecule has 10 heteroatoms. The summed E-state index contributed by atoms with van der Waals surface area (Å²) in [5, 5.41) is 3.34. The van der Waals surface area contributed by atoms with Gasteiger partial charge in [0.05, 0.1) is 25.4 Å². The molecule has 0 amide bonds. The zero-order chi connectivity index (χ0) is 22.7. The van der Waals surface area contributed by atoms with Crippen LogP contribution in [0.1, 0.15) is 24.4 Å². The van der Waals surface area contributed by atoms with Gasteiger partial charge in [-0.3, -0.25) is 9.89 Å². The van der Waals surface area contributed by atoms with Gasteiger partial charge in [-0.05, 0) is 24.6 Å². The van der Waals surface area contributed by atoms with Gasteiger partial charge in [-0.25, -0.2) is 14.2 Å². The third kappa shape index (κ3) is 4.77. The van der Waals surface area contributed by atoms with Gasteiger partial charge in [0.2, 0.25) is 0 Å². The van der Waals surface area contributed by atoms with Crippen LogP contribution in [0.2, 0.25) is 0 Å². The topological polar surface area (TPSA) is 81.0 Å². The summed E-state index contributed by atoms with van der Waals surface area (Å²) in [6, 6.07) is 3.69. The molecule has 0 radical (unpaired) electrons. The van der Waals surface area contributed by atoms with Gasteiger partial charge < -0.3 is 19.4 Å². The quantitative estimate of drug-likeness (QED) is 0.607. The van der Waals surface area contributed by atoms with E-state index in [-0.39, 0.29) is 12.4 Å². The molecule has 1 aromatic carbocycles. The van der Waals surface area contributed by atoms with Crippen LogP contribution in [0.3, 0.4) is 0 Å². The van der Waals surface area contributed by atoms with Crippen LogP contribution >= 0.6 is 15.9 Å². The Hall–Kier alpha value is -2.56. The maximum Gasteiger partial charge on any atom is 0.338 e. The molecule has 1 fully saturated rings. The highest BCUT2D eigenvalue weighted by atomic mass is 79.9. The molecule has 0 aliphatic carbocycles. The highest BCUT2D eigenvalue weighted by Crippen LogP contribution is 2.36. The number of morpholine rings is 1. The maximum atomic E-state index is 13.8. The molecule has 1 N–H and O–H groups in total. The number of ether oxygens (including phenoxy) is 2. The van der Waals surface area contributed by atoms with Gasteiger partial charge in [0.1, 0.15) is 11.9 Å². The fourth-order valence-electron chi connectivity index (χ4n) is 3.81. The summed E-state index contributed by atoms with van der Waals surface area (Å²) in [5.41, 5.74) is 1.77. The van der Waals surface area contributed by atoms with Crippen LogP contribution in [-0.4, -0.2) is 65.7 Å². The van der Waals surface area contributed by atoms with Gasteiger partial charge in [-0.15, -0.1) is 0 Å². The van der Waals surface area contributed by atoms with Crippen molar-refractivity contribution >= 4 is 27.7 Å². The second-order valence-electron chi connectivity index (χ2n) is 7.53. The number of amidine groups is 1. The van der Waals surface area contributed by atoms with E-state index in [9.17, 15) is 9.18 Å². The van der Waals surface area contributed by atoms with Gasteiger partial charge >= 0.3 is 5.97 Å². The molecule has 1 aromatic heterocycles. The number of aromatic nitrogens is 2. The Morgan fingerprint density at radius 3 is 2.81 bits per heavy atom. The van der Waals surface area contributed by atoms with E-state index >= 15 is 0 Å². The molecule has 0 saturated carbocycles. The summed E-state index contributed by atoms with van der Waals surface area (Å²) in [4.78, 5) is 24.6. The van der Waals surface area contributed by atoms with Gasteiger partial charge in [-0.2, -0.15) is 0 Å². The second kappa shape index (κ2) is 9.93. The van der Waals surface area contributed by atoms with Crippen LogP contribution < -0.4 is 5.32 Å². The summed E-state index contributed by atoms with van der Waals surface area (Å²) in [7, 11) is 1.88. The number of nitrogens with one attached hydrogen (secondary N) is 1. The number of aryl methyl sites for hydroxylation is 1. The average molecular weight is 506 g/mol. The lowest BCUT2D eigenvalue weighted by atomic mass is 9.95. The summed E-state index contributed by atoms with van der Waals surface area (Å²) < 4.78 is 27.1. The van der Waals surface area contributed by atoms with E-state index in [1.165, 1.54) is 12.1 Å². The van der Waals surface area contributed by atoms with Crippen LogP contribution in [0.25, 0.3) is 0 Å². The fraction of sp³-hybridized carbons (Fsp3) is 0.409. The van der Waals surface area contributed by atoms with Crippen molar-refractivity contribution in [2.45, 2.75) is 13.0 Å². The van der Waals surface area contributed by atoms with Gasteiger partial charge in [0.25, 0.3) is 0 Å². The summed E-state index contributed by atoms with van der Waals surface area (Å²) >= 11 is 3.45. The summed E-state index contributed by atoms with van der Waals surface area (Å²) in [5.74, 6) is 0.343. The van der Waals surface area contributed by atoms with Crippen molar-refractivity contribution in [2.24, 2.45) is 12.0 Å². The van der Waals surface area contributed by atoms with Gasteiger partial charge in [0.15, 0.2) is 11.7 Å². The largest absolute Gasteiger partial charge is 0.463 e. The van der Waals surface area contributed by atoms with Crippen LogP contribution in [0.4, 0.5) is 4.39 Å². The van der Waals surface area contributed by atoms with E-state index in [4.69, 9.17) is 14.5 Å². The standard InChI is InChI=1S/C22H25BrFN5O3/c1-3-32-22(30)18-17(13-29-8-10-31-11-9-29)26-20(21-25-6-7-28(21)2)27-19(18)15-5-4-14(24)12-16(15)23/h4-7,12,19H,3,8-11,13H2,1-2H3,(H,26,27). The lowest BCUT2D eigenvalue weighted by Crippen LogP contribution is -2.43. The number of hydrogen-bond donors (Lipinski definition) is 1. The first kappa shape index (κ1) is 22.6.